The van der Waals surface area contributed by atoms with Gasteiger partial charge < -0.3 is 15.3 Å². The molecule has 24 heavy (non-hydrogen) atoms. The molecule has 2 unspecified atom stereocenters. The fourth-order valence-corrected chi connectivity index (χ4v) is 3.08. The summed E-state index contributed by atoms with van der Waals surface area (Å²) in [5, 5.41) is 23.3. The van der Waals surface area contributed by atoms with E-state index in [2.05, 4.69) is 10.2 Å². The monoisotopic (exact) mass is 335 g/mol. The predicted octanol–water partition coefficient (Wildman–Crippen LogP) is 2.33. The number of aliphatic hydroxyl groups excluding tert-OH is 1. The van der Waals surface area contributed by atoms with Crippen LogP contribution in [0.2, 0.25) is 0 Å². The molecule has 0 spiro atoms. The van der Waals surface area contributed by atoms with E-state index in [0.29, 0.717) is 18.5 Å². The fourth-order valence-electron chi connectivity index (χ4n) is 3.08. The van der Waals surface area contributed by atoms with Crippen molar-refractivity contribution in [2.45, 2.75) is 39.2 Å². The van der Waals surface area contributed by atoms with Gasteiger partial charge in [0.15, 0.2) is 0 Å². The molecule has 0 radical (unpaired) electrons. The average Bonchev–Trinajstić information content (AvgIpc) is 3.05. The Labute approximate surface area is 141 Å². The Hall–Kier alpha value is -2.15. The number of anilines is 1. The molecule has 1 heterocycles. The molecule has 1 fully saturated rings. The molecule has 1 aliphatic rings. The Kier molecular flexibility index (Phi) is 6.14. The quantitative estimate of drug-likeness (QED) is 0.589. The molecular weight excluding hydrogens is 310 g/mol. The van der Waals surface area contributed by atoms with Gasteiger partial charge in [0.2, 0.25) is 0 Å². The van der Waals surface area contributed by atoms with E-state index < -0.39 is 11.0 Å². The Morgan fingerprint density at radius 1 is 1.38 bits per heavy atom. The van der Waals surface area contributed by atoms with Gasteiger partial charge in [-0.25, -0.2) is 0 Å². The highest BCUT2D eigenvalue weighted by atomic mass is 16.6. The first kappa shape index (κ1) is 18.2. The summed E-state index contributed by atoms with van der Waals surface area (Å²) in [6, 6.07) is 4.46. The molecule has 1 aromatic rings. The lowest BCUT2D eigenvalue weighted by atomic mass is 10.0. The molecule has 1 amide bonds. The van der Waals surface area contributed by atoms with Gasteiger partial charge in [-0.05, 0) is 38.2 Å². The van der Waals surface area contributed by atoms with Crippen LogP contribution in [0, 0.1) is 16.0 Å². The lowest BCUT2D eigenvalue weighted by Crippen LogP contribution is -2.31. The highest BCUT2D eigenvalue weighted by molar-refractivity contribution is 6.00. The van der Waals surface area contributed by atoms with Crippen LogP contribution in [0.1, 0.15) is 43.5 Å². The number of hydrogen-bond donors (Lipinski definition) is 2. The predicted molar refractivity (Wildman–Crippen MR) is 92.3 cm³/mol. The summed E-state index contributed by atoms with van der Waals surface area (Å²) in [4.78, 5) is 25.2. The van der Waals surface area contributed by atoms with E-state index in [1.807, 2.05) is 6.92 Å². The maximum absolute atomic E-state index is 12.6. The fraction of sp³-hybridized carbons (Fsp3) is 0.588. The summed E-state index contributed by atoms with van der Waals surface area (Å²) >= 11 is 0. The van der Waals surface area contributed by atoms with Gasteiger partial charge >= 0.3 is 0 Å². The number of rotatable bonds is 7. The molecule has 0 saturated carbocycles. The van der Waals surface area contributed by atoms with E-state index in [1.54, 1.807) is 13.0 Å². The maximum Gasteiger partial charge on any atom is 0.270 e. The van der Waals surface area contributed by atoms with E-state index in [9.17, 15) is 20.0 Å². The number of amides is 1. The second-order valence-electron chi connectivity index (χ2n) is 6.55. The molecular formula is C17H25N3O4. The second kappa shape index (κ2) is 8.10. The topological polar surface area (TPSA) is 95.7 Å². The number of benzene rings is 1. The van der Waals surface area contributed by atoms with E-state index in [0.717, 1.165) is 31.6 Å². The van der Waals surface area contributed by atoms with Crippen molar-refractivity contribution in [3.05, 3.63) is 33.9 Å². The van der Waals surface area contributed by atoms with Gasteiger partial charge in [0.05, 0.1) is 22.3 Å². The zero-order chi connectivity index (χ0) is 17.7. The van der Waals surface area contributed by atoms with Crippen molar-refractivity contribution in [3.8, 4) is 0 Å². The third kappa shape index (κ3) is 4.67. The van der Waals surface area contributed by atoms with Crippen molar-refractivity contribution < 1.29 is 14.8 Å². The standard InChI is InChI=1S/C17H25N3O4/c1-12(9-13(2)21)11-18-17(22)15-10-14(20(23)24)5-6-16(15)19-7-3-4-8-19/h5-6,10,12-13,21H,3-4,7-9,11H2,1-2H3,(H,18,22). The SMILES string of the molecule is CC(O)CC(C)CNC(=O)c1cc([N+](=O)[O-])ccc1N1CCCC1. The number of nitrogens with zero attached hydrogens (tertiary/aromatic N) is 2. The molecule has 1 aromatic carbocycles. The summed E-state index contributed by atoms with van der Waals surface area (Å²) in [6.45, 7) is 5.80. The van der Waals surface area contributed by atoms with Crippen LogP contribution in [-0.2, 0) is 0 Å². The summed E-state index contributed by atoms with van der Waals surface area (Å²) < 4.78 is 0. The number of non-ortho nitro benzene ring substituents is 1. The minimum Gasteiger partial charge on any atom is -0.393 e. The Morgan fingerprint density at radius 3 is 2.62 bits per heavy atom. The average molecular weight is 335 g/mol. The second-order valence-corrected chi connectivity index (χ2v) is 6.55. The molecule has 1 aliphatic heterocycles. The summed E-state index contributed by atoms with van der Waals surface area (Å²) in [5.74, 6) is -0.180. The van der Waals surface area contributed by atoms with Crippen LogP contribution >= 0.6 is 0 Å². The lowest BCUT2D eigenvalue weighted by molar-refractivity contribution is -0.384. The first-order valence-electron chi connectivity index (χ1n) is 8.38. The third-order valence-corrected chi connectivity index (χ3v) is 4.24. The van der Waals surface area contributed by atoms with Crippen molar-refractivity contribution in [2.24, 2.45) is 5.92 Å². The summed E-state index contributed by atoms with van der Waals surface area (Å²) in [6.07, 6.45) is 2.29. The Balaban J connectivity index is 2.16. The molecule has 0 aromatic heterocycles. The number of carbonyl (C=O) groups is 1. The van der Waals surface area contributed by atoms with Gasteiger partial charge in [0.1, 0.15) is 0 Å². The van der Waals surface area contributed by atoms with Gasteiger partial charge in [-0.2, -0.15) is 0 Å². The number of carbonyl (C=O) groups excluding carboxylic acids is 1. The Morgan fingerprint density at radius 2 is 2.04 bits per heavy atom. The van der Waals surface area contributed by atoms with E-state index in [1.165, 1.54) is 12.1 Å². The van der Waals surface area contributed by atoms with Gasteiger partial charge in [-0.1, -0.05) is 6.92 Å². The molecule has 2 atom stereocenters. The van der Waals surface area contributed by atoms with Gasteiger partial charge in [0.25, 0.3) is 11.6 Å². The highest BCUT2D eigenvalue weighted by Crippen LogP contribution is 2.28. The van der Waals surface area contributed by atoms with Gasteiger partial charge in [-0.3, -0.25) is 14.9 Å². The van der Waals surface area contributed by atoms with Crippen LogP contribution in [0.5, 0.6) is 0 Å². The van der Waals surface area contributed by atoms with Gasteiger partial charge in [0, 0.05) is 31.8 Å². The van der Waals surface area contributed by atoms with Crippen LogP contribution in [0.25, 0.3) is 0 Å². The van der Waals surface area contributed by atoms with Crippen LogP contribution in [0.15, 0.2) is 18.2 Å². The first-order valence-corrected chi connectivity index (χ1v) is 8.38. The molecule has 7 nitrogen and oxygen atoms in total. The number of nitrogens with one attached hydrogen (secondary N) is 1. The molecule has 2 N–H and O–H groups in total. The van der Waals surface area contributed by atoms with E-state index in [-0.39, 0.29) is 17.5 Å². The largest absolute Gasteiger partial charge is 0.393 e. The molecule has 132 valence electrons. The number of nitro benzene ring substituents is 1. The molecule has 0 bridgehead atoms. The number of hydrogen-bond acceptors (Lipinski definition) is 5. The smallest absolute Gasteiger partial charge is 0.270 e. The number of aliphatic hydroxyl groups is 1. The molecule has 7 heteroatoms. The Bertz CT molecular complexity index is 597. The summed E-state index contributed by atoms with van der Waals surface area (Å²) in [5.41, 5.74) is 1.01. The third-order valence-electron chi connectivity index (χ3n) is 4.24. The van der Waals surface area contributed by atoms with Crippen LogP contribution in [0.3, 0.4) is 0 Å². The zero-order valence-electron chi connectivity index (χ0n) is 14.2. The minimum atomic E-state index is -0.486. The van der Waals surface area contributed by atoms with Crippen LogP contribution in [-0.4, -0.2) is 41.7 Å². The summed E-state index contributed by atoms with van der Waals surface area (Å²) in [7, 11) is 0. The highest BCUT2D eigenvalue weighted by Gasteiger charge is 2.22. The van der Waals surface area contributed by atoms with Crippen LogP contribution < -0.4 is 10.2 Å². The normalized spacial score (nSPS) is 16.7. The van der Waals surface area contributed by atoms with E-state index >= 15 is 0 Å². The van der Waals surface area contributed by atoms with Crippen molar-refractivity contribution in [2.75, 3.05) is 24.5 Å². The molecule has 2 rings (SSSR count). The van der Waals surface area contributed by atoms with Crippen molar-refractivity contribution in [1.29, 1.82) is 0 Å². The molecule has 1 saturated heterocycles. The minimum absolute atomic E-state index is 0.0832. The van der Waals surface area contributed by atoms with Gasteiger partial charge in [-0.15, -0.1) is 0 Å². The lowest BCUT2D eigenvalue weighted by Gasteiger charge is -2.21. The van der Waals surface area contributed by atoms with Crippen molar-refractivity contribution in [3.63, 3.8) is 0 Å². The van der Waals surface area contributed by atoms with Crippen molar-refractivity contribution >= 4 is 17.3 Å². The zero-order valence-corrected chi connectivity index (χ0v) is 14.2. The number of nitro groups is 1. The van der Waals surface area contributed by atoms with Crippen molar-refractivity contribution in [1.82, 2.24) is 5.32 Å². The first-order chi connectivity index (χ1) is 11.4. The maximum atomic E-state index is 12.6. The molecule has 0 aliphatic carbocycles. The van der Waals surface area contributed by atoms with Crippen LogP contribution in [0.4, 0.5) is 11.4 Å². The van der Waals surface area contributed by atoms with E-state index in [4.69, 9.17) is 0 Å².